The van der Waals surface area contributed by atoms with Crippen molar-refractivity contribution in [1.29, 1.82) is 0 Å². The van der Waals surface area contributed by atoms with Crippen LogP contribution in [0.1, 0.15) is 18.7 Å². The molecule has 0 aliphatic carbocycles. The molecule has 3 rings (SSSR count). The smallest absolute Gasteiger partial charge is 0.407 e. The normalized spacial score (nSPS) is 17.9. The van der Waals surface area contributed by atoms with Crippen molar-refractivity contribution in [2.45, 2.75) is 19.6 Å². The van der Waals surface area contributed by atoms with Gasteiger partial charge in [0, 0.05) is 11.9 Å². The van der Waals surface area contributed by atoms with Crippen molar-refractivity contribution in [1.82, 2.24) is 14.7 Å². The van der Waals surface area contributed by atoms with Crippen molar-refractivity contribution in [3.63, 3.8) is 0 Å². The highest BCUT2D eigenvalue weighted by Gasteiger charge is 2.28. The molecule has 2 heterocycles. The van der Waals surface area contributed by atoms with E-state index in [1.54, 1.807) is 0 Å². The Morgan fingerprint density at radius 3 is 3.10 bits per heavy atom. The van der Waals surface area contributed by atoms with E-state index in [0.29, 0.717) is 26.2 Å². The maximum absolute atomic E-state index is 11.2. The van der Waals surface area contributed by atoms with Crippen LogP contribution in [0.4, 0.5) is 4.79 Å². The molecule has 20 heavy (non-hydrogen) atoms. The van der Waals surface area contributed by atoms with Gasteiger partial charge in [-0.1, -0.05) is 18.2 Å². The Hall–Kier alpha value is -2.08. The molecule has 1 aromatic carbocycles. The third-order valence-electron chi connectivity index (χ3n) is 3.65. The molecule has 2 aromatic rings. The molecule has 0 saturated carbocycles. The number of likely N-dealkylation sites (N-methyl/N-ethyl adjacent to an activating group) is 1. The summed E-state index contributed by atoms with van der Waals surface area (Å²) in [7, 11) is 0. The minimum atomic E-state index is -0.919. The van der Waals surface area contributed by atoms with Crippen LogP contribution in [-0.2, 0) is 11.3 Å². The predicted octanol–water partition coefficient (Wildman–Crippen LogP) is 2.11. The van der Waals surface area contributed by atoms with Gasteiger partial charge in [-0.25, -0.2) is 4.79 Å². The lowest BCUT2D eigenvalue weighted by atomic mass is 10.1. The fraction of sp³-hybridized carbons (Fsp3) is 0.429. The second kappa shape index (κ2) is 5.13. The van der Waals surface area contributed by atoms with Crippen LogP contribution in [0.5, 0.6) is 0 Å². The summed E-state index contributed by atoms with van der Waals surface area (Å²) in [6.07, 6.45) is -1.18. The van der Waals surface area contributed by atoms with Gasteiger partial charge in [-0.05, 0) is 13.0 Å². The van der Waals surface area contributed by atoms with E-state index in [9.17, 15) is 4.79 Å². The molecule has 1 aromatic heterocycles. The molecule has 1 atom stereocenters. The third kappa shape index (κ3) is 2.12. The van der Waals surface area contributed by atoms with Crippen molar-refractivity contribution in [2.24, 2.45) is 0 Å². The number of carboxylic acid groups (broad SMARTS) is 1. The van der Waals surface area contributed by atoms with Gasteiger partial charge in [0.1, 0.15) is 6.10 Å². The summed E-state index contributed by atoms with van der Waals surface area (Å²) in [5.41, 5.74) is 1.91. The van der Waals surface area contributed by atoms with E-state index < -0.39 is 6.09 Å². The molecule has 1 N–H and O–H groups in total. The number of benzene rings is 1. The van der Waals surface area contributed by atoms with Crippen molar-refractivity contribution < 1.29 is 14.6 Å². The van der Waals surface area contributed by atoms with Gasteiger partial charge in [0.05, 0.1) is 30.9 Å². The fourth-order valence-electron chi connectivity index (χ4n) is 2.65. The van der Waals surface area contributed by atoms with Crippen LogP contribution >= 0.6 is 0 Å². The number of carbonyl (C=O) groups is 1. The van der Waals surface area contributed by atoms with E-state index in [2.05, 4.69) is 5.10 Å². The lowest BCUT2D eigenvalue weighted by Gasteiger charge is -2.28. The van der Waals surface area contributed by atoms with E-state index >= 15 is 0 Å². The van der Waals surface area contributed by atoms with Gasteiger partial charge >= 0.3 is 6.09 Å². The van der Waals surface area contributed by atoms with Gasteiger partial charge in [-0.2, -0.15) is 5.10 Å². The van der Waals surface area contributed by atoms with Gasteiger partial charge in [-0.15, -0.1) is 0 Å². The summed E-state index contributed by atoms with van der Waals surface area (Å²) in [6.45, 7) is 3.87. The SMILES string of the molecule is CCN(CC1OCCn2nc3ccccc3c21)C(=O)O. The average molecular weight is 275 g/mol. The molecule has 1 aliphatic rings. The van der Waals surface area contributed by atoms with Gasteiger partial charge in [0.15, 0.2) is 0 Å². The molecule has 1 amide bonds. The third-order valence-corrected chi connectivity index (χ3v) is 3.65. The molecule has 106 valence electrons. The lowest BCUT2D eigenvalue weighted by Crippen LogP contribution is -2.36. The number of fused-ring (bicyclic) bond motifs is 3. The molecule has 1 unspecified atom stereocenters. The molecule has 0 fully saturated rings. The fourth-order valence-corrected chi connectivity index (χ4v) is 2.65. The number of amides is 1. The van der Waals surface area contributed by atoms with Gasteiger partial charge in [0.25, 0.3) is 0 Å². The standard InChI is InChI=1S/C14H17N3O3/c1-2-16(14(18)19)9-12-13-10-5-3-4-6-11(10)15-17(13)7-8-20-12/h3-6,12H,2,7-9H2,1H3,(H,18,19). The van der Waals surface area contributed by atoms with Crippen LogP contribution in [0.25, 0.3) is 10.9 Å². The minimum absolute atomic E-state index is 0.257. The number of ether oxygens (including phenoxy) is 1. The van der Waals surface area contributed by atoms with Crippen molar-refractivity contribution >= 4 is 17.0 Å². The van der Waals surface area contributed by atoms with E-state index in [0.717, 1.165) is 16.6 Å². The number of nitrogens with zero attached hydrogens (tertiary/aromatic N) is 3. The molecule has 0 bridgehead atoms. The summed E-state index contributed by atoms with van der Waals surface area (Å²) in [5.74, 6) is 0. The summed E-state index contributed by atoms with van der Waals surface area (Å²) < 4.78 is 7.73. The topological polar surface area (TPSA) is 67.6 Å². The summed E-state index contributed by atoms with van der Waals surface area (Å²) in [5, 5.41) is 14.8. The molecule has 6 heteroatoms. The maximum Gasteiger partial charge on any atom is 0.407 e. The van der Waals surface area contributed by atoms with Crippen LogP contribution in [-0.4, -0.2) is 45.6 Å². The van der Waals surface area contributed by atoms with Crippen LogP contribution in [0, 0.1) is 0 Å². The summed E-state index contributed by atoms with van der Waals surface area (Å²) >= 11 is 0. The van der Waals surface area contributed by atoms with E-state index in [-0.39, 0.29) is 6.10 Å². The highest BCUT2D eigenvalue weighted by Crippen LogP contribution is 2.30. The van der Waals surface area contributed by atoms with Crippen molar-refractivity contribution in [3.05, 3.63) is 30.0 Å². The Morgan fingerprint density at radius 2 is 2.35 bits per heavy atom. The van der Waals surface area contributed by atoms with Crippen LogP contribution in [0.3, 0.4) is 0 Å². The van der Waals surface area contributed by atoms with E-state index in [1.165, 1.54) is 4.90 Å². The second-order valence-electron chi connectivity index (χ2n) is 4.81. The summed E-state index contributed by atoms with van der Waals surface area (Å²) in [6, 6.07) is 7.89. The molecule has 0 spiro atoms. The number of aromatic nitrogens is 2. The first-order valence-corrected chi connectivity index (χ1v) is 6.75. The zero-order valence-corrected chi connectivity index (χ0v) is 11.3. The lowest BCUT2D eigenvalue weighted by molar-refractivity contribution is -0.00135. The molecular formula is C14H17N3O3. The van der Waals surface area contributed by atoms with Crippen LogP contribution in [0.15, 0.2) is 24.3 Å². The maximum atomic E-state index is 11.2. The Morgan fingerprint density at radius 1 is 1.55 bits per heavy atom. The molecule has 6 nitrogen and oxygen atoms in total. The van der Waals surface area contributed by atoms with Gasteiger partial charge < -0.3 is 14.7 Å². The van der Waals surface area contributed by atoms with Crippen molar-refractivity contribution in [3.8, 4) is 0 Å². The molecule has 1 aliphatic heterocycles. The quantitative estimate of drug-likeness (QED) is 0.931. The Bertz CT molecular complexity index is 638. The predicted molar refractivity (Wildman–Crippen MR) is 73.7 cm³/mol. The van der Waals surface area contributed by atoms with Crippen LogP contribution in [0.2, 0.25) is 0 Å². The largest absolute Gasteiger partial charge is 0.465 e. The monoisotopic (exact) mass is 275 g/mol. The molecule has 0 saturated heterocycles. The first-order valence-electron chi connectivity index (χ1n) is 6.75. The number of hydrogen-bond acceptors (Lipinski definition) is 3. The summed E-state index contributed by atoms with van der Waals surface area (Å²) in [4.78, 5) is 12.5. The minimum Gasteiger partial charge on any atom is -0.465 e. The Balaban J connectivity index is 1.98. The highest BCUT2D eigenvalue weighted by molar-refractivity contribution is 5.82. The first-order chi connectivity index (χ1) is 9.70. The van der Waals surface area contributed by atoms with Gasteiger partial charge in [-0.3, -0.25) is 4.68 Å². The van der Waals surface area contributed by atoms with Gasteiger partial charge in [0.2, 0.25) is 0 Å². The van der Waals surface area contributed by atoms with E-state index in [4.69, 9.17) is 9.84 Å². The molecular weight excluding hydrogens is 258 g/mol. The van der Waals surface area contributed by atoms with Crippen LogP contribution < -0.4 is 0 Å². The van der Waals surface area contributed by atoms with E-state index in [1.807, 2.05) is 35.9 Å². The second-order valence-corrected chi connectivity index (χ2v) is 4.81. The highest BCUT2D eigenvalue weighted by atomic mass is 16.5. The average Bonchev–Trinajstić information content (AvgIpc) is 2.83. The Kier molecular flexibility index (Phi) is 3.31. The first kappa shape index (κ1) is 12.9. The van der Waals surface area contributed by atoms with Crippen molar-refractivity contribution in [2.75, 3.05) is 19.7 Å². The number of rotatable bonds is 3. The molecule has 0 radical (unpaired) electrons. The zero-order chi connectivity index (χ0) is 14.1. The number of hydrogen-bond donors (Lipinski definition) is 1. The zero-order valence-electron chi connectivity index (χ0n) is 11.3. The Labute approximate surface area is 116 Å².